The Kier molecular flexibility index (Phi) is 4.44. The van der Waals surface area contributed by atoms with Crippen LogP contribution in [0.5, 0.6) is 5.75 Å². The summed E-state index contributed by atoms with van der Waals surface area (Å²) in [6.45, 7) is 3.65. The first kappa shape index (κ1) is 14.7. The number of nitrogens with two attached hydrogens (primary N) is 1. The lowest BCUT2D eigenvalue weighted by atomic mass is 10.1. The largest absolute Gasteiger partial charge is 0.497 e. The molecule has 0 unspecified atom stereocenters. The van der Waals surface area contributed by atoms with Crippen LogP contribution in [0.15, 0.2) is 41.4 Å². The number of rotatable bonds is 3. The van der Waals surface area contributed by atoms with Crippen LogP contribution in [0.1, 0.15) is 5.56 Å². The molecule has 0 amide bonds. The zero-order chi connectivity index (χ0) is 15.4. The molecule has 0 atom stereocenters. The van der Waals surface area contributed by atoms with Crippen molar-refractivity contribution >= 4 is 16.7 Å². The molecule has 2 aromatic carbocycles. The maximum absolute atomic E-state index is 6.05. The molecular formula is C17H21N3O2. The molecule has 3 rings (SSSR count). The molecule has 0 saturated carbocycles. The maximum atomic E-state index is 6.05. The van der Waals surface area contributed by atoms with Gasteiger partial charge in [-0.1, -0.05) is 18.2 Å². The monoisotopic (exact) mass is 299 g/mol. The number of guanidine groups is 1. The van der Waals surface area contributed by atoms with Crippen LogP contribution in [-0.2, 0) is 11.3 Å². The molecule has 22 heavy (non-hydrogen) atoms. The predicted molar refractivity (Wildman–Crippen MR) is 88.2 cm³/mol. The zero-order valence-corrected chi connectivity index (χ0v) is 12.8. The van der Waals surface area contributed by atoms with Crippen LogP contribution in [0.3, 0.4) is 0 Å². The Bertz CT molecular complexity index is 679. The second-order valence-electron chi connectivity index (χ2n) is 5.32. The smallest absolute Gasteiger partial charge is 0.191 e. The van der Waals surface area contributed by atoms with Gasteiger partial charge >= 0.3 is 0 Å². The van der Waals surface area contributed by atoms with Crippen molar-refractivity contribution in [1.82, 2.24) is 4.90 Å². The van der Waals surface area contributed by atoms with Crippen LogP contribution in [0.2, 0.25) is 0 Å². The molecule has 1 aliphatic rings. The third-order valence-corrected chi connectivity index (χ3v) is 3.87. The van der Waals surface area contributed by atoms with Gasteiger partial charge in [0, 0.05) is 13.1 Å². The van der Waals surface area contributed by atoms with Crippen LogP contribution in [0.4, 0.5) is 0 Å². The van der Waals surface area contributed by atoms with Gasteiger partial charge in [-0.05, 0) is 34.5 Å². The van der Waals surface area contributed by atoms with E-state index in [2.05, 4.69) is 34.2 Å². The van der Waals surface area contributed by atoms with Crippen molar-refractivity contribution < 1.29 is 9.47 Å². The number of methoxy groups -OCH3 is 1. The molecule has 0 aromatic heterocycles. The minimum Gasteiger partial charge on any atom is -0.497 e. The highest BCUT2D eigenvalue weighted by Crippen LogP contribution is 2.22. The van der Waals surface area contributed by atoms with Crippen molar-refractivity contribution in [2.24, 2.45) is 10.7 Å². The molecule has 5 nitrogen and oxygen atoms in total. The van der Waals surface area contributed by atoms with E-state index in [1.165, 1.54) is 5.39 Å². The van der Waals surface area contributed by atoms with Crippen molar-refractivity contribution in [3.05, 3.63) is 42.0 Å². The molecule has 0 bridgehead atoms. The van der Waals surface area contributed by atoms with E-state index in [0.29, 0.717) is 25.7 Å². The fraction of sp³-hybridized carbons (Fsp3) is 0.353. The summed E-state index contributed by atoms with van der Waals surface area (Å²) < 4.78 is 10.6. The summed E-state index contributed by atoms with van der Waals surface area (Å²) in [4.78, 5) is 6.56. The topological polar surface area (TPSA) is 60.1 Å². The standard InChI is InChI=1S/C17H21N3O2/c1-21-16-5-4-14-10-13(2-3-15(14)11-16)12-19-17(18)20-6-8-22-9-7-20/h2-5,10-11H,6-9,12H2,1H3,(H2,18,19). The molecule has 1 heterocycles. The average Bonchev–Trinajstić information content (AvgIpc) is 2.59. The molecule has 0 radical (unpaired) electrons. The van der Waals surface area contributed by atoms with Crippen LogP contribution >= 0.6 is 0 Å². The lowest BCUT2D eigenvalue weighted by molar-refractivity contribution is 0.0674. The summed E-state index contributed by atoms with van der Waals surface area (Å²) in [7, 11) is 1.68. The predicted octanol–water partition coefficient (Wildman–Crippen LogP) is 2.00. The highest BCUT2D eigenvalue weighted by Gasteiger charge is 2.11. The van der Waals surface area contributed by atoms with E-state index in [0.717, 1.165) is 29.8 Å². The van der Waals surface area contributed by atoms with Gasteiger partial charge in [0.1, 0.15) is 5.75 Å². The van der Waals surface area contributed by atoms with Gasteiger partial charge in [-0.25, -0.2) is 4.99 Å². The summed E-state index contributed by atoms with van der Waals surface area (Å²) in [5.41, 5.74) is 7.20. The van der Waals surface area contributed by atoms with Crippen molar-refractivity contribution in [2.75, 3.05) is 33.4 Å². The summed E-state index contributed by atoms with van der Waals surface area (Å²) >= 11 is 0. The van der Waals surface area contributed by atoms with Gasteiger partial charge in [-0.3, -0.25) is 0 Å². The first-order valence-corrected chi connectivity index (χ1v) is 7.45. The van der Waals surface area contributed by atoms with Crippen LogP contribution < -0.4 is 10.5 Å². The van der Waals surface area contributed by atoms with E-state index >= 15 is 0 Å². The first-order chi connectivity index (χ1) is 10.8. The number of aliphatic imine (C=N–C) groups is 1. The Balaban J connectivity index is 1.73. The molecule has 1 aliphatic heterocycles. The van der Waals surface area contributed by atoms with E-state index in [9.17, 15) is 0 Å². The number of benzene rings is 2. The molecule has 2 N–H and O–H groups in total. The van der Waals surface area contributed by atoms with Crippen molar-refractivity contribution in [3.8, 4) is 5.75 Å². The first-order valence-electron chi connectivity index (χ1n) is 7.45. The molecule has 2 aromatic rings. The fourth-order valence-electron chi connectivity index (χ4n) is 2.56. The second kappa shape index (κ2) is 6.66. The van der Waals surface area contributed by atoms with E-state index < -0.39 is 0 Å². The third kappa shape index (κ3) is 3.31. The number of hydrogen-bond donors (Lipinski definition) is 1. The van der Waals surface area contributed by atoms with Gasteiger partial charge in [-0.2, -0.15) is 0 Å². The Hall–Kier alpha value is -2.27. The van der Waals surface area contributed by atoms with Crippen molar-refractivity contribution in [2.45, 2.75) is 6.54 Å². The summed E-state index contributed by atoms with van der Waals surface area (Å²) in [5, 5.41) is 2.34. The quantitative estimate of drug-likeness (QED) is 0.695. The van der Waals surface area contributed by atoms with Gasteiger partial charge in [0.2, 0.25) is 0 Å². The normalized spacial score (nSPS) is 16.0. The molecule has 1 saturated heterocycles. The molecule has 1 fully saturated rings. The Morgan fingerprint density at radius 3 is 2.68 bits per heavy atom. The van der Waals surface area contributed by atoms with Gasteiger partial charge < -0.3 is 20.1 Å². The minimum absolute atomic E-state index is 0.588. The Morgan fingerprint density at radius 1 is 1.18 bits per heavy atom. The van der Waals surface area contributed by atoms with Crippen molar-refractivity contribution in [3.63, 3.8) is 0 Å². The summed E-state index contributed by atoms with van der Waals surface area (Å²) in [5.74, 6) is 1.47. The third-order valence-electron chi connectivity index (χ3n) is 3.87. The number of nitrogens with zero attached hydrogens (tertiary/aromatic N) is 2. The molecule has 116 valence electrons. The zero-order valence-electron chi connectivity index (χ0n) is 12.8. The second-order valence-corrected chi connectivity index (χ2v) is 5.32. The van der Waals surface area contributed by atoms with E-state index in [4.69, 9.17) is 15.2 Å². The number of hydrogen-bond acceptors (Lipinski definition) is 3. The minimum atomic E-state index is 0.588. The van der Waals surface area contributed by atoms with Crippen LogP contribution in [-0.4, -0.2) is 44.3 Å². The Morgan fingerprint density at radius 2 is 1.91 bits per heavy atom. The lowest BCUT2D eigenvalue weighted by Crippen LogP contribution is -2.44. The van der Waals surface area contributed by atoms with E-state index in [1.807, 2.05) is 12.1 Å². The van der Waals surface area contributed by atoms with Crippen molar-refractivity contribution in [1.29, 1.82) is 0 Å². The molecule has 5 heteroatoms. The average molecular weight is 299 g/mol. The molecular weight excluding hydrogens is 278 g/mol. The van der Waals surface area contributed by atoms with Gasteiger partial charge in [0.05, 0.1) is 26.9 Å². The van der Waals surface area contributed by atoms with Crippen LogP contribution in [0.25, 0.3) is 10.8 Å². The summed E-state index contributed by atoms with van der Waals surface area (Å²) in [6.07, 6.45) is 0. The number of morpholine rings is 1. The molecule has 0 aliphatic carbocycles. The highest BCUT2D eigenvalue weighted by atomic mass is 16.5. The number of ether oxygens (including phenoxy) is 2. The lowest BCUT2D eigenvalue weighted by Gasteiger charge is -2.27. The van der Waals surface area contributed by atoms with Gasteiger partial charge in [0.15, 0.2) is 5.96 Å². The SMILES string of the molecule is COc1ccc2cc(CN=C(N)N3CCOCC3)ccc2c1. The summed E-state index contributed by atoms with van der Waals surface area (Å²) in [6, 6.07) is 12.4. The fourth-order valence-corrected chi connectivity index (χ4v) is 2.56. The van der Waals surface area contributed by atoms with Gasteiger partial charge in [-0.15, -0.1) is 0 Å². The number of fused-ring (bicyclic) bond motifs is 1. The highest BCUT2D eigenvalue weighted by molar-refractivity contribution is 5.84. The van der Waals surface area contributed by atoms with E-state index in [1.54, 1.807) is 7.11 Å². The van der Waals surface area contributed by atoms with Gasteiger partial charge in [0.25, 0.3) is 0 Å². The maximum Gasteiger partial charge on any atom is 0.191 e. The van der Waals surface area contributed by atoms with Crippen LogP contribution in [0, 0.1) is 0 Å². The van der Waals surface area contributed by atoms with E-state index in [-0.39, 0.29) is 0 Å². The molecule has 0 spiro atoms. The Labute approximate surface area is 130 Å².